The van der Waals surface area contributed by atoms with Crippen LogP contribution in [-0.2, 0) is 6.54 Å². The fourth-order valence-corrected chi connectivity index (χ4v) is 1.87. The van der Waals surface area contributed by atoms with Gasteiger partial charge in [-0.1, -0.05) is 18.2 Å². The maximum absolute atomic E-state index is 5.60. The van der Waals surface area contributed by atoms with E-state index in [1.807, 2.05) is 0 Å². The van der Waals surface area contributed by atoms with Crippen LogP contribution in [0.5, 0.6) is 0 Å². The van der Waals surface area contributed by atoms with Crippen LogP contribution in [0, 0.1) is 6.92 Å². The molecular weight excluding hydrogens is 190 g/mol. The van der Waals surface area contributed by atoms with Crippen molar-refractivity contribution in [2.24, 2.45) is 0 Å². The van der Waals surface area contributed by atoms with Crippen LogP contribution in [-0.4, -0.2) is 6.54 Å². The molecule has 0 aliphatic carbocycles. The zero-order chi connectivity index (χ0) is 8.97. The van der Waals surface area contributed by atoms with Gasteiger partial charge in [0.2, 0.25) is 0 Å². The van der Waals surface area contributed by atoms with Crippen molar-refractivity contribution in [3.63, 3.8) is 0 Å². The Morgan fingerprint density at radius 2 is 2.50 bits per heavy atom. The quantitative estimate of drug-likeness (QED) is 0.790. The van der Waals surface area contributed by atoms with Gasteiger partial charge in [0.05, 0.1) is 0 Å². The molecule has 0 saturated carbocycles. The van der Waals surface area contributed by atoms with Gasteiger partial charge in [-0.05, 0) is 23.9 Å². The highest BCUT2D eigenvalue weighted by Crippen LogP contribution is 2.14. The van der Waals surface area contributed by atoms with Crippen molar-refractivity contribution in [3.05, 3.63) is 33.5 Å². The summed E-state index contributed by atoms with van der Waals surface area (Å²) in [4.78, 5) is 1.37. The Balaban J connectivity index is 2.33. The molecule has 0 aliphatic heterocycles. The van der Waals surface area contributed by atoms with Crippen molar-refractivity contribution >= 4 is 22.9 Å². The molecule has 12 heavy (non-hydrogen) atoms. The molecule has 0 aliphatic rings. The summed E-state index contributed by atoms with van der Waals surface area (Å²) in [5.74, 6) is 0. The molecule has 1 nitrogen and oxygen atoms in total. The third-order valence-corrected chi connectivity index (χ3v) is 2.73. The fourth-order valence-electron chi connectivity index (χ4n) is 0.897. The third kappa shape index (κ3) is 2.97. The lowest BCUT2D eigenvalue weighted by Gasteiger charge is -2.01. The van der Waals surface area contributed by atoms with Crippen molar-refractivity contribution in [1.29, 1.82) is 0 Å². The molecule has 0 amide bonds. The fraction of sp³-hybridized carbons (Fsp3) is 0.333. The molecule has 1 heterocycles. The van der Waals surface area contributed by atoms with Crippen molar-refractivity contribution in [1.82, 2.24) is 5.32 Å². The molecule has 0 fully saturated rings. The Kier molecular flexibility index (Phi) is 3.79. The van der Waals surface area contributed by atoms with Crippen molar-refractivity contribution in [3.8, 4) is 0 Å². The normalized spacial score (nSPS) is 10.2. The summed E-state index contributed by atoms with van der Waals surface area (Å²) in [6.45, 7) is 7.28. The van der Waals surface area contributed by atoms with E-state index < -0.39 is 0 Å². The number of rotatable bonds is 4. The second-order valence-electron chi connectivity index (χ2n) is 2.65. The minimum Gasteiger partial charge on any atom is -0.307 e. The van der Waals surface area contributed by atoms with Crippen molar-refractivity contribution in [2.45, 2.75) is 13.5 Å². The highest BCUT2D eigenvalue weighted by atomic mass is 35.5. The SMILES string of the molecule is C=C(Cl)CNCc1sccc1C. The number of hydrogen-bond donors (Lipinski definition) is 1. The number of nitrogens with one attached hydrogen (secondary N) is 1. The first-order valence-corrected chi connectivity index (χ1v) is 5.03. The van der Waals surface area contributed by atoms with Gasteiger partial charge in [-0.2, -0.15) is 0 Å². The van der Waals surface area contributed by atoms with E-state index in [0.717, 1.165) is 6.54 Å². The molecule has 1 N–H and O–H groups in total. The lowest BCUT2D eigenvalue weighted by atomic mass is 10.3. The molecule has 0 spiro atoms. The smallest absolute Gasteiger partial charge is 0.0310 e. The van der Waals surface area contributed by atoms with Crippen LogP contribution in [0.15, 0.2) is 23.1 Å². The van der Waals surface area contributed by atoms with Gasteiger partial charge in [0.15, 0.2) is 0 Å². The number of hydrogen-bond acceptors (Lipinski definition) is 2. The molecule has 0 atom stereocenters. The molecule has 0 bridgehead atoms. The van der Waals surface area contributed by atoms with Gasteiger partial charge in [0.25, 0.3) is 0 Å². The molecule has 0 unspecified atom stereocenters. The summed E-state index contributed by atoms with van der Waals surface area (Å²) in [6.07, 6.45) is 0. The largest absolute Gasteiger partial charge is 0.307 e. The molecule has 1 aromatic heterocycles. The van der Waals surface area contributed by atoms with Crippen molar-refractivity contribution < 1.29 is 0 Å². The van der Waals surface area contributed by atoms with E-state index in [2.05, 4.69) is 30.3 Å². The first-order valence-electron chi connectivity index (χ1n) is 3.77. The summed E-state index contributed by atoms with van der Waals surface area (Å²) in [5, 5.41) is 5.96. The molecule has 66 valence electrons. The van der Waals surface area contributed by atoms with Crippen molar-refractivity contribution in [2.75, 3.05) is 6.54 Å². The van der Waals surface area contributed by atoms with E-state index in [0.29, 0.717) is 11.6 Å². The maximum Gasteiger partial charge on any atom is 0.0310 e. The number of aryl methyl sites for hydroxylation is 1. The highest BCUT2D eigenvalue weighted by Gasteiger charge is 1.98. The van der Waals surface area contributed by atoms with Gasteiger partial charge in [-0.25, -0.2) is 0 Å². The average Bonchev–Trinajstić information content (AvgIpc) is 2.36. The molecule has 1 rings (SSSR count). The lowest BCUT2D eigenvalue weighted by Crippen LogP contribution is -2.14. The average molecular weight is 202 g/mol. The summed E-state index contributed by atoms with van der Waals surface area (Å²) in [5.41, 5.74) is 1.34. The molecule has 0 radical (unpaired) electrons. The Labute approximate surface area is 82.1 Å². The number of halogens is 1. The van der Waals surface area contributed by atoms with Gasteiger partial charge in [-0.3, -0.25) is 0 Å². The molecule has 0 aromatic carbocycles. The Morgan fingerprint density at radius 3 is 3.00 bits per heavy atom. The zero-order valence-electron chi connectivity index (χ0n) is 7.06. The summed E-state index contributed by atoms with van der Waals surface area (Å²) < 4.78 is 0. The predicted molar refractivity (Wildman–Crippen MR) is 55.8 cm³/mol. The van der Waals surface area contributed by atoms with E-state index in [-0.39, 0.29) is 0 Å². The first-order chi connectivity index (χ1) is 5.70. The zero-order valence-corrected chi connectivity index (χ0v) is 8.63. The predicted octanol–water partition coefficient (Wildman–Crippen LogP) is 2.90. The van der Waals surface area contributed by atoms with Crippen LogP contribution < -0.4 is 5.32 Å². The van der Waals surface area contributed by atoms with E-state index in [1.165, 1.54) is 10.4 Å². The van der Waals surface area contributed by atoms with Crippen LogP contribution in [0.1, 0.15) is 10.4 Å². The van der Waals surface area contributed by atoms with Crippen LogP contribution in [0.3, 0.4) is 0 Å². The third-order valence-electron chi connectivity index (χ3n) is 1.57. The highest BCUT2D eigenvalue weighted by molar-refractivity contribution is 7.10. The summed E-state index contributed by atoms with van der Waals surface area (Å²) >= 11 is 7.37. The van der Waals surface area contributed by atoms with Crippen LogP contribution in [0.25, 0.3) is 0 Å². The maximum atomic E-state index is 5.60. The van der Waals surface area contributed by atoms with Crippen LogP contribution in [0.4, 0.5) is 0 Å². The molecule has 0 saturated heterocycles. The topological polar surface area (TPSA) is 12.0 Å². The summed E-state index contributed by atoms with van der Waals surface area (Å²) in [6, 6.07) is 2.12. The minimum atomic E-state index is 0.657. The Morgan fingerprint density at radius 1 is 1.75 bits per heavy atom. The van der Waals surface area contributed by atoms with Gasteiger partial charge in [-0.15, -0.1) is 11.3 Å². The van der Waals surface area contributed by atoms with Gasteiger partial charge < -0.3 is 5.32 Å². The molecule has 1 aromatic rings. The second kappa shape index (κ2) is 4.65. The first kappa shape index (κ1) is 9.78. The number of thiophene rings is 1. The molecule has 3 heteroatoms. The van der Waals surface area contributed by atoms with E-state index >= 15 is 0 Å². The Bertz CT molecular complexity index is 267. The monoisotopic (exact) mass is 201 g/mol. The van der Waals surface area contributed by atoms with E-state index in [4.69, 9.17) is 11.6 Å². The van der Waals surface area contributed by atoms with Crippen LogP contribution >= 0.6 is 22.9 Å². The van der Waals surface area contributed by atoms with Gasteiger partial charge >= 0.3 is 0 Å². The van der Waals surface area contributed by atoms with Gasteiger partial charge in [0.1, 0.15) is 0 Å². The van der Waals surface area contributed by atoms with Gasteiger partial charge in [0, 0.05) is 23.0 Å². The second-order valence-corrected chi connectivity index (χ2v) is 4.18. The molecular formula is C9H12ClNS. The van der Waals surface area contributed by atoms with Crippen LogP contribution in [0.2, 0.25) is 0 Å². The summed E-state index contributed by atoms with van der Waals surface area (Å²) in [7, 11) is 0. The van der Waals surface area contributed by atoms with E-state index in [9.17, 15) is 0 Å². The minimum absolute atomic E-state index is 0.657. The standard InChI is InChI=1S/C9H12ClNS/c1-7-3-4-12-9(7)6-11-5-8(2)10/h3-4,11H,2,5-6H2,1H3. The van der Waals surface area contributed by atoms with E-state index in [1.54, 1.807) is 11.3 Å². The Hall–Kier alpha value is -0.310. The lowest BCUT2D eigenvalue weighted by molar-refractivity contribution is 0.762.